The lowest BCUT2D eigenvalue weighted by molar-refractivity contribution is -0.142. The number of hydrogen-bond acceptors (Lipinski definition) is 2. The minimum Gasteiger partial charge on any atom is -0.481 e. The smallest absolute Gasteiger partial charge is 0.306 e. The molecule has 11 heavy (non-hydrogen) atoms. The van der Waals surface area contributed by atoms with Gasteiger partial charge in [-0.05, 0) is 25.4 Å². The zero-order valence-corrected chi connectivity index (χ0v) is 7.36. The summed E-state index contributed by atoms with van der Waals surface area (Å²) in [6.07, 6.45) is 1.01. The third-order valence-corrected chi connectivity index (χ3v) is 2.20. The molecule has 0 aromatic heterocycles. The second-order valence-corrected chi connectivity index (χ2v) is 2.88. The molecule has 0 bridgehead atoms. The summed E-state index contributed by atoms with van der Waals surface area (Å²) < 4.78 is 0. The van der Waals surface area contributed by atoms with Crippen molar-refractivity contribution in [1.82, 2.24) is 5.32 Å². The second kappa shape index (κ2) is 4.57. The molecule has 0 radical (unpaired) electrons. The van der Waals surface area contributed by atoms with Gasteiger partial charge >= 0.3 is 5.97 Å². The molecule has 0 spiro atoms. The van der Waals surface area contributed by atoms with Crippen LogP contribution in [0.2, 0.25) is 0 Å². The van der Waals surface area contributed by atoms with E-state index in [1.807, 2.05) is 0 Å². The maximum Gasteiger partial charge on any atom is 0.306 e. The van der Waals surface area contributed by atoms with E-state index in [0.29, 0.717) is 5.92 Å². The Hall–Kier alpha value is -0.280. The molecule has 1 rings (SSSR count). The van der Waals surface area contributed by atoms with Gasteiger partial charge < -0.3 is 10.4 Å². The van der Waals surface area contributed by atoms with Crippen LogP contribution in [0.5, 0.6) is 0 Å². The quantitative estimate of drug-likeness (QED) is 0.658. The summed E-state index contributed by atoms with van der Waals surface area (Å²) in [6.45, 7) is 3.62. The third kappa shape index (κ3) is 2.67. The highest BCUT2D eigenvalue weighted by Gasteiger charge is 2.25. The van der Waals surface area contributed by atoms with Gasteiger partial charge in [0.1, 0.15) is 0 Å². The number of carboxylic acid groups (broad SMARTS) is 1. The Labute approximate surface area is 72.6 Å². The van der Waals surface area contributed by atoms with Crippen LogP contribution in [-0.2, 0) is 4.79 Å². The van der Waals surface area contributed by atoms with E-state index in [2.05, 4.69) is 5.32 Å². The van der Waals surface area contributed by atoms with Crippen LogP contribution in [0.15, 0.2) is 0 Å². The van der Waals surface area contributed by atoms with Gasteiger partial charge in [-0.3, -0.25) is 4.79 Å². The zero-order chi connectivity index (χ0) is 7.56. The Morgan fingerprint density at radius 3 is 2.73 bits per heavy atom. The van der Waals surface area contributed by atoms with Crippen molar-refractivity contribution in [2.75, 3.05) is 13.1 Å². The lowest BCUT2D eigenvalue weighted by Gasteiger charge is -2.11. The Morgan fingerprint density at radius 1 is 1.73 bits per heavy atom. The molecular formula is C7H14ClNO2. The Balaban J connectivity index is 0.000001000. The standard InChI is InChI=1S/C7H13NO2.ClH/c1-5(7(9)10)6-2-3-8-4-6;/h5-6,8H,2-4H2,1H3,(H,9,10);1H/t5?,6-;/m0./s1. The van der Waals surface area contributed by atoms with Crippen LogP contribution >= 0.6 is 12.4 Å². The second-order valence-electron chi connectivity index (χ2n) is 2.88. The predicted octanol–water partition coefficient (Wildman–Crippen LogP) is 0.738. The van der Waals surface area contributed by atoms with E-state index in [-0.39, 0.29) is 18.3 Å². The molecular weight excluding hydrogens is 166 g/mol. The fraction of sp³-hybridized carbons (Fsp3) is 0.857. The topological polar surface area (TPSA) is 49.3 Å². The molecule has 1 unspecified atom stereocenters. The summed E-state index contributed by atoms with van der Waals surface area (Å²) in [4.78, 5) is 10.5. The van der Waals surface area contributed by atoms with E-state index in [4.69, 9.17) is 5.11 Å². The van der Waals surface area contributed by atoms with Gasteiger partial charge in [0.15, 0.2) is 0 Å². The first-order valence-corrected chi connectivity index (χ1v) is 3.65. The first-order chi connectivity index (χ1) is 4.72. The number of carbonyl (C=O) groups is 1. The normalized spacial score (nSPS) is 25.7. The maximum absolute atomic E-state index is 10.5. The Kier molecular flexibility index (Phi) is 4.45. The van der Waals surface area contributed by atoms with Gasteiger partial charge in [0, 0.05) is 0 Å². The SMILES string of the molecule is CC(C(=O)O)[C@H]1CCNC1.Cl. The maximum atomic E-state index is 10.5. The van der Waals surface area contributed by atoms with Crippen molar-refractivity contribution >= 4 is 18.4 Å². The number of nitrogens with one attached hydrogen (secondary N) is 1. The molecule has 1 aliphatic heterocycles. The molecule has 0 amide bonds. The summed E-state index contributed by atoms with van der Waals surface area (Å²) in [7, 11) is 0. The van der Waals surface area contributed by atoms with Crippen LogP contribution in [0.3, 0.4) is 0 Å². The van der Waals surface area contributed by atoms with Gasteiger partial charge in [0.05, 0.1) is 5.92 Å². The average Bonchev–Trinajstić information content (AvgIpc) is 2.36. The summed E-state index contributed by atoms with van der Waals surface area (Å²) in [5.74, 6) is -0.513. The molecule has 4 heteroatoms. The van der Waals surface area contributed by atoms with Crippen molar-refractivity contribution in [3.8, 4) is 0 Å². The number of halogens is 1. The number of hydrogen-bond donors (Lipinski definition) is 2. The highest BCUT2D eigenvalue weighted by atomic mass is 35.5. The zero-order valence-electron chi connectivity index (χ0n) is 6.54. The summed E-state index contributed by atoms with van der Waals surface area (Å²) in [6, 6.07) is 0. The van der Waals surface area contributed by atoms with E-state index in [0.717, 1.165) is 19.5 Å². The highest BCUT2D eigenvalue weighted by Crippen LogP contribution is 2.18. The van der Waals surface area contributed by atoms with E-state index in [9.17, 15) is 4.79 Å². The van der Waals surface area contributed by atoms with Crippen molar-refractivity contribution in [2.24, 2.45) is 11.8 Å². The predicted molar refractivity (Wildman–Crippen MR) is 45.0 cm³/mol. The van der Waals surface area contributed by atoms with Crippen molar-refractivity contribution in [3.05, 3.63) is 0 Å². The molecule has 3 nitrogen and oxygen atoms in total. The van der Waals surface area contributed by atoms with Crippen LogP contribution in [0.1, 0.15) is 13.3 Å². The molecule has 2 N–H and O–H groups in total. The van der Waals surface area contributed by atoms with Crippen molar-refractivity contribution < 1.29 is 9.90 Å². The Morgan fingerprint density at radius 2 is 2.36 bits per heavy atom. The molecule has 2 atom stereocenters. The van der Waals surface area contributed by atoms with Crippen molar-refractivity contribution in [1.29, 1.82) is 0 Å². The van der Waals surface area contributed by atoms with Crippen LogP contribution in [0.25, 0.3) is 0 Å². The molecule has 0 saturated carbocycles. The van der Waals surface area contributed by atoms with Crippen LogP contribution < -0.4 is 5.32 Å². The molecule has 0 aliphatic carbocycles. The Bertz CT molecular complexity index is 134. The molecule has 0 aromatic carbocycles. The summed E-state index contributed by atoms with van der Waals surface area (Å²) in [5.41, 5.74) is 0. The molecule has 66 valence electrons. The average molecular weight is 180 g/mol. The van der Waals surface area contributed by atoms with Gasteiger partial charge in [-0.1, -0.05) is 6.92 Å². The molecule has 1 heterocycles. The van der Waals surface area contributed by atoms with Gasteiger partial charge in [0.25, 0.3) is 0 Å². The van der Waals surface area contributed by atoms with Gasteiger partial charge in [0.2, 0.25) is 0 Å². The van der Waals surface area contributed by atoms with Crippen LogP contribution in [-0.4, -0.2) is 24.2 Å². The minimum absolute atomic E-state index is 0. The first-order valence-electron chi connectivity index (χ1n) is 3.65. The molecule has 1 saturated heterocycles. The summed E-state index contributed by atoms with van der Waals surface area (Å²) >= 11 is 0. The fourth-order valence-electron chi connectivity index (χ4n) is 1.31. The number of carboxylic acids is 1. The largest absolute Gasteiger partial charge is 0.481 e. The van der Waals surface area contributed by atoms with Crippen molar-refractivity contribution in [2.45, 2.75) is 13.3 Å². The number of aliphatic carboxylic acids is 1. The van der Waals surface area contributed by atoms with E-state index in [1.165, 1.54) is 0 Å². The highest BCUT2D eigenvalue weighted by molar-refractivity contribution is 5.85. The van der Waals surface area contributed by atoms with Gasteiger partial charge in [-0.25, -0.2) is 0 Å². The fourth-order valence-corrected chi connectivity index (χ4v) is 1.31. The van der Waals surface area contributed by atoms with Gasteiger partial charge in [-0.15, -0.1) is 12.4 Å². The number of rotatable bonds is 2. The molecule has 1 aliphatic rings. The van der Waals surface area contributed by atoms with E-state index in [1.54, 1.807) is 6.92 Å². The van der Waals surface area contributed by atoms with Crippen molar-refractivity contribution in [3.63, 3.8) is 0 Å². The van der Waals surface area contributed by atoms with Crippen LogP contribution in [0, 0.1) is 11.8 Å². The van der Waals surface area contributed by atoms with E-state index >= 15 is 0 Å². The molecule has 0 aromatic rings. The summed E-state index contributed by atoms with van der Waals surface area (Å²) in [5, 5.41) is 11.8. The van der Waals surface area contributed by atoms with Gasteiger partial charge in [-0.2, -0.15) is 0 Å². The minimum atomic E-state index is -0.672. The third-order valence-electron chi connectivity index (χ3n) is 2.20. The molecule has 1 fully saturated rings. The van der Waals surface area contributed by atoms with E-state index < -0.39 is 5.97 Å². The first kappa shape index (κ1) is 10.7. The van der Waals surface area contributed by atoms with Crippen LogP contribution in [0.4, 0.5) is 0 Å². The lowest BCUT2D eigenvalue weighted by atomic mass is 9.94. The lowest BCUT2D eigenvalue weighted by Crippen LogP contribution is -2.22. The monoisotopic (exact) mass is 179 g/mol.